The van der Waals surface area contributed by atoms with Crippen LogP contribution in [-0.2, 0) is 4.79 Å². The zero-order valence-electron chi connectivity index (χ0n) is 13.3. The number of hydrogen-bond donors (Lipinski definition) is 0. The molecule has 0 aliphatic rings. The van der Waals surface area contributed by atoms with E-state index in [2.05, 4.69) is 41.5 Å². The first-order chi connectivity index (χ1) is 8.56. The number of aldehydes is 1. The van der Waals surface area contributed by atoms with Gasteiger partial charge in [-0.2, -0.15) is 0 Å². The first kappa shape index (κ1) is 17.8. The molecule has 106 valence electrons. The number of allylic oxidation sites excluding steroid dienone is 1. The molecule has 0 aromatic heterocycles. The van der Waals surface area contributed by atoms with E-state index in [9.17, 15) is 4.79 Å². The summed E-state index contributed by atoms with van der Waals surface area (Å²) in [7, 11) is -2.75. The molecular formula is C15H32OSi2. The van der Waals surface area contributed by atoms with Gasteiger partial charge in [-0.15, -0.1) is 0 Å². The van der Waals surface area contributed by atoms with Gasteiger partial charge in [-0.1, -0.05) is 82.6 Å². The van der Waals surface area contributed by atoms with Gasteiger partial charge in [0.15, 0.2) is 0 Å². The fourth-order valence-electron chi connectivity index (χ4n) is 3.63. The molecule has 0 heterocycles. The first-order valence-corrected chi connectivity index (χ1v) is 13.0. The molecule has 0 bridgehead atoms. The second kappa shape index (κ2) is 8.10. The summed E-state index contributed by atoms with van der Waals surface area (Å²) in [5.41, 5.74) is 0. The smallest absolute Gasteiger partial charge is 0.142 e. The molecular weight excluding hydrogens is 252 g/mol. The average molecular weight is 285 g/mol. The average Bonchev–Trinajstić information content (AvgIpc) is 2.44. The van der Waals surface area contributed by atoms with E-state index in [1.54, 1.807) is 4.82 Å². The minimum absolute atomic E-state index is 1.07. The van der Waals surface area contributed by atoms with Crippen molar-refractivity contribution in [3.63, 3.8) is 0 Å². The van der Waals surface area contributed by atoms with Crippen LogP contribution in [0.4, 0.5) is 0 Å². The third-order valence-electron chi connectivity index (χ3n) is 5.44. The van der Waals surface area contributed by atoms with Crippen LogP contribution in [0.3, 0.4) is 0 Å². The minimum atomic E-state index is -1.37. The van der Waals surface area contributed by atoms with Crippen molar-refractivity contribution in [1.82, 2.24) is 0 Å². The van der Waals surface area contributed by atoms with E-state index in [1.165, 1.54) is 36.3 Å². The van der Waals surface area contributed by atoms with Gasteiger partial charge in [0.2, 0.25) is 0 Å². The second-order valence-electron chi connectivity index (χ2n) is 5.40. The molecule has 0 rings (SSSR count). The molecule has 0 aliphatic carbocycles. The third kappa shape index (κ3) is 3.24. The Labute approximate surface area is 116 Å². The molecule has 0 atom stereocenters. The number of carbonyl (C=O) groups is 1. The van der Waals surface area contributed by atoms with E-state index in [1.807, 2.05) is 6.08 Å². The fraction of sp³-hybridized carbons (Fsp3) is 0.800. The zero-order valence-corrected chi connectivity index (χ0v) is 15.3. The summed E-state index contributed by atoms with van der Waals surface area (Å²) >= 11 is 0. The Hall–Kier alpha value is -0.156. The summed E-state index contributed by atoms with van der Waals surface area (Å²) in [4.78, 5) is 12.9. The van der Waals surface area contributed by atoms with E-state index in [4.69, 9.17) is 0 Å². The van der Waals surface area contributed by atoms with Crippen LogP contribution in [0.15, 0.2) is 10.9 Å². The van der Waals surface area contributed by atoms with Gasteiger partial charge in [-0.3, -0.25) is 4.79 Å². The highest BCUT2D eigenvalue weighted by Gasteiger charge is 2.42. The predicted octanol–water partition coefficient (Wildman–Crippen LogP) is 5.21. The lowest BCUT2D eigenvalue weighted by atomic mass is 10.7. The van der Waals surface area contributed by atoms with Crippen molar-refractivity contribution in [3.05, 3.63) is 10.9 Å². The molecule has 18 heavy (non-hydrogen) atoms. The number of hydrogen-bond acceptors (Lipinski definition) is 1. The maximum Gasteiger partial charge on any atom is 0.142 e. The Balaban J connectivity index is 5.82. The zero-order chi connectivity index (χ0) is 14.2. The SMILES string of the molecule is CC[Si](CC)(CC)C(=CC=O)[Si](CC)(CC)CC. The van der Waals surface area contributed by atoms with Crippen molar-refractivity contribution in [2.24, 2.45) is 0 Å². The van der Waals surface area contributed by atoms with Crippen LogP contribution in [0.1, 0.15) is 41.5 Å². The first-order valence-electron chi connectivity index (χ1n) is 7.72. The monoisotopic (exact) mass is 284 g/mol. The molecule has 3 heteroatoms. The van der Waals surface area contributed by atoms with E-state index >= 15 is 0 Å². The molecule has 0 amide bonds. The van der Waals surface area contributed by atoms with Crippen molar-refractivity contribution in [2.45, 2.75) is 77.8 Å². The van der Waals surface area contributed by atoms with Gasteiger partial charge >= 0.3 is 0 Å². The van der Waals surface area contributed by atoms with Crippen LogP contribution in [0.2, 0.25) is 36.3 Å². The van der Waals surface area contributed by atoms with Gasteiger partial charge in [0.05, 0.1) is 16.1 Å². The van der Waals surface area contributed by atoms with Crippen molar-refractivity contribution in [2.75, 3.05) is 0 Å². The number of rotatable bonds is 9. The summed E-state index contributed by atoms with van der Waals surface area (Å²) in [5.74, 6) is 0. The maximum atomic E-state index is 11.2. The van der Waals surface area contributed by atoms with Gasteiger partial charge in [0.25, 0.3) is 0 Å². The van der Waals surface area contributed by atoms with E-state index in [0.717, 1.165) is 6.29 Å². The Morgan fingerprint density at radius 2 is 1.00 bits per heavy atom. The van der Waals surface area contributed by atoms with Gasteiger partial charge in [-0.05, 0) is 6.08 Å². The molecule has 0 aliphatic heterocycles. The summed E-state index contributed by atoms with van der Waals surface area (Å²) in [6, 6.07) is 7.80. The van der Waals surface area contributed by atoms with Crippen LogP contribution in [0, 0.1) is 0 Å². The summed E-state index contributed by atoms with van der Waals surface area (Å²) < 4.78 is 0. The normalized spacial score (nSPS) is 12.3. The van der Waals surface area contributed by atoms with Gasteiger partial charge < -0.3 is 0 Å². The van der Waals surface area contributed by atoms with Gasteiger partial charge in [-0.25, -0.2) is 0 Å². The molecule has 0 saturated carbocycles. The molecule has 1 nitrogen and oxygen atoms in total. The van der Waals surface area contributed by atoms with Crippen molar-refractivity contribution < 1.29 is 4.79 Å². The van der Waals surface area contributed by atoms with Crippen molar-refractivity contribution in [1.29, 1.82) is 0 Å². The Kier molecular flexibility index (Phi) is 8.03. The largest absolute Gasteiger partial charge is 0.299 e. The van der Waals surface area contributed by atoms with Gasteiger partial charge in [0.1, 0.15) is 6.29 Å². The Morgan fingerprint density at radius 1 is 0.722 bits per heavy atom. The van der Waals surface area contributed by atoms with Crippen LogP contribution >= 0.6 is 0 Å². The van der Waals surface area contributed by atoms with E-state index in [-0.39, 0.29) is 0 Å². The van der Waals surface area contributed by atoms with Crippen LogP contribution in [0.5, 0.6) is 0 Å². The summed E-state index contributed by atoms with van der Waals surface area (Å²) in [6.45, 7) is 14.1. The standard InChI is InChI=1S/C15H32OSi2/c1-7-17(8-2,9-3)15(13-14-16)18(10-4,11-5)12-6/h13-14H,7-12H2,1-6H3. The van der Waals surface area contributed by atoms with Gasteiger partial charge in [0, 0.05) is 0 Å². The van der Waals surface area contributed by atoms with E-state index < -0.39 is 16.1 Å². The van der Waals surface area contributed by atoms with E-state index in [0.29, 0.717) is 0 Å². The topological polar surface area (TPSA) is 17.1 Å². The molecule has 0 fully saturated rings. The Bertz CT molecular complexity index is 238. The van der Waals surface area contributed by atoms with Crippen LogP contribution in [0.25, 0.3) is 0 Å². The highest BCUT2D eigenvalue weighted by atomic mass is 28.4. The quantitative estimate of drug-likeness (QED) is 0.323. The predicted molar refractivity (Wildman–Crippen MR) is 88.5 cm³/mol. The highest BCUT2D eigenvalue weighted by Crippen LogP contribution is 2.39. The molecule has 0 radical (unpaired) electrons. The fourth-order valence-corrected chi connectivity index (χ4v) is 17.4. The molecule has 0 saturated heterocycles. The summed E-state index contributed by atoms with van der Waals surface area (Å²) in [5, 5.41) is 0. The molecule has 0 spiro atoms. The molecule has 0 aromatic carbocycles. The molecule has 0 unspecified atom stereocenters. The van der Waals surface area contributed by atoms with Crippen molar-refractivity contribution >= 4 is 22.4 Å². The lowest BCUT2D eigenvalue weighted by Gasteiger charge is -2.42. The lowest BCUT2D eigenvalue weighted by molar-refractivity contribution is -0.104. The van der Waals surface area contributed by atoms with Crippen LogP contribution < -0.4 is 0 Å². The maximum absolute atomic E-state index is 11.2. The summed E-state index contributed by atoms with van der Waals surface area (Å²) in [6.07, 6.45) is 3.08. The van der Waals surface area contributed by atoms with Crippen molar-refractivity contribution in [3.8, 4) is 0 Å². The van der Waals surface area contributed by atoms with Crippen LogP contribution in [-0.4, -0.2) is 22.4 Å². The third-order valence-corrected chi connectivity index (χ3v) is 19.4. The highest BCUT2D eigenvalue weighted by molar-refractivity contribution is 7.07. The number of carbonyl (C=O) groups excluding carboxylic acids is 1. The molecule has 0 aromatic rings. The minimum Gasteiger partial charge on any atom is -0.299 e. The Morgan fingerprint density at radius 3 is 1.17 bits per heavy atom. The lowest BCUT2D eigenvalue weighted by Crippen LogP contribution is -2.49. The second-order valence-corrected chi connectivity index (χ2v) is 16.3. The molecule has 0 N–H and O–H groups in total.